The molecule has 0 spiro atoms. The number of aldehydes is 1. The Kier molecular flexibility index (Phi) is 3.16. The quantitative estimate of drug-likeness (QED) is 0.869. The molecule has 25 heavy (non-hydrogen) atoms. The molecule has 0 saturated heterocycles. The van der Waals surface area contributed by atoms with Gasteiger partial charge in [-0.25, -0.2) is 0 Å². The Bertz CT molecular complexity index is 844. The van der Waals surface area contributed by atoms with Crippen LogP contribution in [0.3, 0.4) is 0 Å². The third-order valence-corrected chi connectivity index (χ3v) is 6.90. The fourth-order valence-electron chi connectivity index (χ4n) is 6.38. The summed E-state index contributed by atoms with van der Waals surface area (Å²) in [7, 11) is 1.88. The number of amides is 1. The molecule has 0 radical (unpaired) electrons. The van der Waals surface area contributed by atoms with Crippen LogP contribution in [0.15, 0.2) is 24.3 Å². The van der Waals surface area contributed by atoms with Crippen LogP contribution < -0.4 is 5.32 Å². The lowest BCUT2D eigenvalue weighted by Gasteiger charge is -2.56. The monoisotopic (exact) mass is 336 g/mol. The highest BCUT2D eigenvalue weighted by Crippen LogP contribution is 2.55. The molecule has 4 bridgehead atoms. The maximum Gasteiger partial charge on any atom is 0.269 e. The minimum atomic E-state index is -0.0808. The average molecular weight is 336 g/mol. The Morgan fingerprint density at radius 2 is 1.72 bits per heavy atom. The summed E-state index contributed by atoms with van der Waals surface area (Å²) in [5.41, 5.74) is 1.91. The average Bonchev–Trinajstić information content (AvgIpc) is 2.86. The number of nitrogens with zero attached hydrogens (tertiary/aromatic N) is 1. The van der Waals surface area contributed by atoms with Crippen LogP contribution in [0.2, 0.25) is 0 Å². The van der Waals surface area contributed by atoms with E-state index in [1.807, 2.05) is 35.9 Å². The van der Waals surface area contributed by atoms with Gasteiger partial charge >= 0.3 is 0 Å². The summed E-state index contributed by atoms with van der Waals surface area (Å²) in [5.74, 6) is 2.27. The molecule has 6 rings (SSSR count). The molecule has 0 atom stereocenters. The summed E-state index contributed by atoms with van der Waals surface area (Å²) in [6.45, 7) is 0. The number of carbonyl (C=O) groups excluding carboxylic acids is 2. The highest BCUT2D eigenvalue weighted by atomic mass is 16.2. The predicted molar refractivity (Wildman–Crippen MR) is 96.7 cm³/mol. The number of aromatic nitrogens is 1. The first kappa shape index (κ1) is 15.2. The van der Waals surface area contributed by atoms with Crippen LogP contribution in [-0.2, 0) is 7.05 Å². The molecule has 130 valence electrons. The van der Waals surface area contributed by atoms with Gasteiger partial charge in [0.2, 0.25) is 0 Å². The minimum Gasteiger partial charge on any atom is -0.345 e. The molecule has 1 aromatic heterocycles. The van der Waals surface area contributed by atoms with Crippen LogP contribution in [0.4, 0.5) is 0 Å². The zero-order chi connectivity index (χ0) is 17.2. The van der Waals surface area contributed by atoms with Crippen molar-refractivity contribution in [3.05, 3.63) is 35.5 Å². The van der Waals surface area contributed by atoms with Crippen LogP contribution in [0.5, 0.6) is 0 Å². The van der Waals surface area contributed by atoms with Crippen LogP contribution in [-0.4, -0.2) is 22.3 Å². The molecule has 1 aromatic carbocycles. The number of hydrogen-bond acceptors (Lipinski definition) is 2. The van der Waals surface area contributed by atoms with Crippen molar-refractivity contribution in [1.82, 2.24) is 9.88 Å². The van der Waals surface area contributed by atoms with Gasteiger partial charge in [-0.2, -0.15) is 0 Å². The summed E-state index contributed by atoms with van der Waals surface area (Å²) in [4.78, 5) is 24.9. The minimum absolute atomic E-state index is 0.0392. The number of nitrogens with one attached hydrogen (secondary N) is 1. The Morgan fingerprint density at radius 3 is 2.32 bits per heavy atom. The van der Waals surface area contributed by atoms with Gasteiger partial charge in [0.15, 0.2) is 6.29 Å². The van der Waals surface area contributed by atoms with Gasteiger partial charge < -0.3 is 9.88 Å². The van der Waals surface area contributed by atoms with Crippen molar-refractivity contribution >= 4 is 23.1 Å². The molecule has 0 unspecified atom stereocenters. The predicted octanol–water partition coefficient (Wildman–Crippen LogP) is 3.69. The first-order valence-electron chi connectivity index (χ1n) is 9.44. The molecular weight excluding hydrogens is 312 g/mol. The fraction of sp³-hybridized carbons (Fsp3) is 0.524. The van der Waals surface area contributed by atoms with E-state index in [1.54, 1.807) is 0 Å². The van der Waals surface area contributed by atoms with Crippen molar-refractivity contribution in [2.75, 3.05) is 0 Å². The Morgan fingerprint density at radius 1 is 1.12 bits per heavy atom. The van der Waals surface area contributed by atoms with Gasteiger partial charge in [-0.05, 0) is 62.3 Å². The second-order valence-electron chi connectivity index (χ2n) is 8.61. The van der Waals surface area contributed by atoms with Gasteiger partial charge in [-0.1, -0.05) is 18.2 Å². The fourth-order valence-corrected chi connectivity index (χ4v) is 6.38. The smallest absolute Gasteiger partial charge is 0.269 e. The topological polar surface area (TPSA) is 51.1 Å². The Balaban J connectivity index is 1.52. The summed E-state index contributed by atoms with van der Waals surface area (Å²) in [6.07, 6.45) is 8.23. The maximum atomic E-state index is 13.2. The van der Waals surface area contributed by atoms with Crippen molar-refractivity contribution < 1.29 is 9.59 Å². The third-order valence-electron chi connectivity index (χ3n) is 6.90. The zero-order valence-electron chi connectivity index (χ0n) is 14.6. The number of fused-ring (bicyclic) bond motifs is 1. The Labute approximate surface area is 147 Å². The van der Waals surface area contributed by atoms with Crippen molar-refractivity contribution in [2.45, 2.75) is 44.1 Å². The summed E-state index contributed by atoms with van der Waals surface area (Å²) in [6, 6.07) is 7.73. The first-order valence-corrected chi connectivity index (χ1v) is 9.44. The molecule has 2 aromatic rings. The van der Waals surface area contributed by atoms with E-state index in [2.05, 4.69) is 5.32 Å². The molecule has 4 aliphatic carbocycles. The molecule has 1 N–H and O–H groups in total. The number of aryl methyl sites for hydroxylation is 1. The van der Waals surface area contributed by atoms with Gasteiger partial charge in [-0.15, -0.1) is 0 Å². The van der Waals surface area contributed by atoms with Crippen molar-refractivity contribution in [1.29, 1.82) is 0 Å². The lowest BCUT2D eigenvalue weighted by Crippen LogP contribution is -2.60. The van der Waals surface area contributed by atoms with E-state index in [9.17, 15) is 9.59 Å². The van der Waals surface area contributed by atoms with E-state index in [0.717, 1.165) is 54.2 Å². The lowest BCUT2D eigenvalue weighted by molar-refractivity contribution is -0.0168. The molecule has 1 amide bonds. The Hall–Kier alpha value is -2.10. The number of carbonyl (C=O) groups is 2. The third kappa shape index (κ3) is 2.19. The van der Waals surface area contributed by atoms with Crippen LogP contribution >= 0.6 is 0 Å². The van der Waals surface area contributed by atoms with E-state index >= 15 is 0 Å². The molecule has 4 saturated carbocycles. The number of benzene rings is 1. The van der Waals surface area contributed by atoms with E-state index in [0.29, 0.717) is 11.3 Å². The molecule has 1 heterocycles. The molecule has 0 aliphatic heterocycles. The summed E-state index contributed by atoms with van der Waals surface area (Å²) in [5, 5.41) is 4.26. The second-order valence-corrected chi connectivity index (χ2v) is 8.61. The zero-order valence-corrected chi connectivity index (χ0v) is 14.6. The van der Waals surface area contributed by atoms with E-state index in [4.69, 9.17) is 0 Å². The van der Waals surface area contributed by atoms with Gasteiger partial charge in [-0.3, -0.25) is 9.59 Å². The number of hydrogen-bond donors (Lipinski definition) is 1. The largest absolute Gasteiger partial charge is 0.345 e. The number of para-hydroxylation sites is 1. The standard InChI is InChI=1S/C21H24N2O2/c1-23-18-5-3-2-4-16(18)17(12-24)19(23)20(25)22-21-9-13-6-14(10-21)8-15(7-13)11-21/h2-5,12-15H,6-11H2,1H3,(H,22,25). The lowest BCUT2D eigenvalue weighted by atomic mass is 9.53. The normalized spacial score (nSPS) is 32.9. The molecule has 4 fully saturated rings. The van der Waals surface area contributed by atoms with E-state index in [-0.39, 0.29) is 11.4 Å². The van der Waals surface area contributed by atoms with Crippen molar-refractivity contribution in [2.24, 2.45) is 24.8 Å². The molecule has 4 aliphatic rings. The highest BCUT2D eigenvalue weighted by molar-refractivity contribution is 6.10. The van der Waals surface area contributed by atoms with Crippen LogP contribution in [0.1, 0.15) is 59.4 Å². The maximum absolute atomic E-state index is 13.2. The molecule has 4 nitrogen and oxygen atoms in total. The van der Waals surface area contributed by atoms with Gasteiger partial charge in [0.1, 0.15) is 5.69 Å². The van der Waals surface area contributed by atoms with Crippen LogP contribution in [0.25, 0.3) is 10.9 Å². The van der Waals surface area contributed by atoms with E-state index in [1.165, 1.54) is 19.3 Å². The first-order chi connectivity index (χ1) is 12.1. The van der Waals surface area contributed by atoms with Crippen molar-refractivity contribution in [3.8, 4) is 0 Å². The van der Waals surface area contributed by atoms with Gasteiger partial charge in [0, 0.05) is 23.5 Å². The SMILES string of the molecule is Cn1c(C(=O)NC23CC4CC(CC(C4)C2)C3)c(C=O)c2ccccc21. The van der Waals surface area contributed by atoms with Gasteiger partial charge in [0.05, 0.1) is 5.56 Å². The van der Waals surface area contributed by atoms with Gasteiger partial charge in [0.25, 0.3) is 5.91 Å². The van der Waals surface area contributed by atoms with E-state index < -0.39 is 0 Å². The summed E-state index contributed by atoms with van der Waals surface area (Å²) >= 11 is 0. The summed E-state index contributed by atoms with van der Waals surface area (Å²) < 4.78 is 1.87. The highest BCUT2D eigenvalue weighted by Gasteiger charge is 2.51. The van der Waals surface area contributed by atoms with Crippen molar-refractivity contribution in [3.63, 3.8) is 0 Å². The molecular formula is C21H24N2O2. The molecule has 4 heteroatoms. The second kappa shape index (κ2) is 5.20. The number of rotatable bonds is 3. The van der Waals surface area contributed by atoms with Crippen LogP contribution in [0, 0.1) is 17.8 Å².